The topological polar surface area (TPSA) is 29.5 Å². The molecule has 0 saturated heterocycles. The molecule has 0 heterocycles. The largest absolute Gasteiger partial charge is 0.390 e. The van der Waals surface area contributed by atoms with Crippen LogP contribution in [0, 0.1) is 5.92 Å². The van der Waals surface area contributed by atoms with Crippen molar-refractivity contribution >= 4 is 0 Å². The average Bonchev–Trinajstić information content (AvgIpc) is 2.38. The van der Waals surface area contributed by atoms with Crippen molar-refractivity contribution in [3.05, 3.63) is 0 Å². The number of aliphatic hydroxyl groups excluding tert-OH is 1. The maximum absolute atomic E-state index is 10.6. The van der Waals surface area contributed by atoms with E-state index in [1.807, 2.05) is 0 Å². The van der Waals surface area contributed by atoms with Gasteiger partial charge in [0.05, 0.1) is 11.7 Å². The van der Waals surface area contributed by atoms with Gasteiger partial charge in [0.15, 0.2) is 0 Å². The molecule has 0 spiro atoms. The summed E-state index contributed by atoms with van der Waals surface area (Å²) in [4.78, 5) is 0. The molecular formula is C17H34O2. The van der Waals surface area contributed by atoms with Crippen LogP contribution in [0.3, 0.4) is 0 Å². The molecule has 0 aliphatic heterocycles. The summed E-state index contributed by atoms with van der Waals surface area (Å²) in [5.74, 6) is 0.690. The van der Waals surface area contributed by atoms with Gasteiger partial charge in [-0.25, -0.2) is 0 Å². The second-order valence-corrected chi connectivity index (χ2v) is 6.42. The Morgan fingerprint density at radius 2 is 1.95 bits per heavy atom. The van der Waals surface area contributed by atoms with Gasteiger partial charge in [-0.1, -0.05) is 58.8 Å². The molecule has 1 rings (SSSR count). The van der Waals surface area contributed by atoms with Crippen LogP contribution in [0.5, 0.6) is 0 Å². The summed E-state index contributed by atoms with van der Waals surface area (Å²) < 4.78 is 6.03. The molecule has 0 aromatic heterocycles. The zero-order valence-electron chi connectivity index (χ0n) is 13.3. The van der Waals surface area contributed by atoms with Crippen molar-refractivity contribution in [2.75, 3.05) is 6.61 Å². The van der Waals surface area contributed by atoms with Crippen LogP contribution >= 0.6 is 0 Å². The summed E-state index contributed by atoms with van der Waals surface area (Å²) >= 11 is 0. The molecule has 1 aliphatic rings. The highest BCUT2D eigenvalue weighted by Crippen LogP contribution is 2.39. The van der Waals surface area contributed by atoms with Crippen LogP contribution in [0.4, 0.5) is 0 Å². The van der Waals surface area contributed by atoms with Crippen LogP contribution in [0.15, 0.2) is 0 Å². The summed E-state index contributed by atoms with van der Waals surface area (Å²) in [6, 6.07) is 0. The maximum atomic E-state index is 10.6. The molecule has 3 unspecified atom stereocenters. The second kappa shape index (κ2) is 8.97. The lowest BCUT2D eigenvalue weighted by atomic mass is 9.74. The number of aliphatic hydroxyl groups is 1. The third kappa shape index (κ3) is 5.43. The SMILES string of the molecule is CCCCCCCC(O)C1(OCC)CCCC(C)C1. The lowest BCUT2D eigenvalue weighted by Gasteiger charge is -2.43. The Kier molecular flexibility index (Phi) is 8.01. The van der Waals surface area contributed by atoms with Crippen molar-refractivity contribution in [3.8, 4) is 0 Å². The average molecular weight is 270 g/mol. The van der Waals surface area contributed by atoms with E-state index in [0.717, 1.165) is 32.3 Å². The van der Waals surface area contributed by atoms with Crippen LogP contribution in [-0.4, -0.2) is 23.4 Å². The van der Waals surface area contributed by atoms with Crippen molar-refractivity contribution < 1.29 is 9.84 Å². The van der Waals surface area contributed by atoms with E-state index in [0.29, 0.717) is 5.92 Å². The van der Waals surface area contributed by atoms with Crippen molar-refractivity contribution in [2.45, 2.75) is 96.7 Å². The summed E-state index contributed by atoms with van der Waals surface area (Å²) in [6.45, 7) is 7.30. The Labute approximate surface area is 119 Å². The zero-order valence-corrected chi connectivity index (χ0v) is 13.3. The lowest BCUT2D eigenvalue weighted by molar-refractivity contribution is -0.149. The summed E-state index contributed by atoms with van der Waals surface area (Å²) in [5, 5.41) is 10.6. The van der Waals surface area contributed by atoms with Crippen molar-refractivity contribution in [1.82, 2.24) is 0 Å². The summed E-state index contributed by atoms with van der Waals surface area (Å²) in [6.07, 6.45) is 11.5. The van der Waals surface area contributed by atoms with E-state index in [2.05, 4.69) is 20.8 Å². The van der Waals surface area contributed by atoms with Crippen molar-refractivity contribution in [2.24, 2.45) is 5.92 Å². The molecule has 0 radical (unpaired) electrons. The highest BCUT2D eigenvalue weighted by atomic mass is 16.5. The Hall–Kier alpha value is -0.0800. The summed E-state index contributed by atoms with van der Waals surface area (Å²) in [7, 11) is 0. The molecule has 2 nitrogen and oxygen atoms in total. The van der Waals surface area contributed by atoms with Crippen molar-refractivity contribution in [1.29, 1.82) is 0 Å². The molecule has 0 aromatic carbocycles. The predicted molar refractivity (Wildman–Crippen MR) is 81.4 cm³/mol. The number of hydrogen-bond acceptors (Lipinski definition) is 2. The van der Waals surface area contributed by atoms with E-state index in [4.69, 9.17) is 4.74 Å². The van der Waals surface area contributed by atoms with E-state index in [1.165, 1.54) is 38.5 Å². The second-order valence-electron chi connectivity index (χ2n) is 6.42. The minimum absolute atomic E-state index is 0.239. The van der Waals surface area contributed by atoms with Gasteiger partial charge >= 0.3 is 0 Å². The van der Waals surface area contributed by atoms with E-state index >= 15 is 0 Å². The van der Waals surface area contributed by atoms with Crippen LogP contribution in [-0.2, 0) is 4.74 Å². The fourth-order valence-electron chi connectivity index (χ4n) is 3.57. The monoisotopic (exact) mass is 270 g/mol. The smallest absolute Gasteiger partial charge is 0.0942 e. The normalized spacial score (nSPS) is 29.4. The van der Waals surface area contributed by atoms with Crippen LogP contribution in [0.25, 0.3) is 0 Å². The number of ether oxygens (including phenoxy) is 1. The van der Waals surface area contributed by atoms with Gasteiger partial charge in [0.2, 0.25) is 0 Å². The van der Waals surface area contributed by atoms with Gasteiger partial charge < -0.3 is 9.84 Å². The Balaban J connectivity index is 2.41. The van der Waals surface area contributed by atoms with E-state index in [-0.39, 0.29) is 11.7 Å². The third-order valence-electron chi connectivity index (χ3n) is 4.61. The van der Waals surface area contributed by atoms with Gasteiger partial charge in [0.1, 0.15) is 0 Å². The molecule has 1 aliphatic carbocycles. The highest BCUT2D eigenvalue weighted by molar-refractivity contribution is 4.93. The number of unbranched alkanes of at least 4 members (excludes halogenated alkanes) is 4. The van der Waals surface area contributed by atoms with E-state index in [9.17, 15) is 5.11 Å². The fourth-order valence-corrected chi connectivity index (χ4v) is 3.57. The lowest BCUT2D eigenvalue weighted by Crippen LogP contribution is -2.48. The van der Waals surface area contributed by atoms with Gasteiger partial charge in [0.25, 0.3) is 0 Å². The zero-order chi connectivity index (χ0) is 14.1. The standard InChI is InChI=1S/C17H34O2/c1-4-6-7-8-9-12-16(18)17(19-5-2)13-10-11-15(3)14-17/h15-16,18H,4-14H2,1-3H3. The first kappa shape index (κ1) is 17.0. The molecule has 1 fully saturated rings. The fraction of sp³-hybridized carbons (Fsp3) is 1.00. The first-order chi connectivity index (χ1) is 9.14. The molecule has 2 heteroatoms. The quantitative estimate of drug-likeness (QED) is 0.616. The van der Waals surface area contributed by atoms with Crippen LogP contribution in [0.2, 0.25) is 0 Å². The Bertz CT molecular complexity index is 225. The molecular weight excluding hydrogens is 236 g/mol. The molecule has 3 atom stereocenters. The molecule has 1 N–H and O–H groups in total. The molecule has 0 aromatic rings. The van der Waals surface area contributed by atoms with Gasteiger partial charge in [-0.05, 0) is 32.1 Å². The van der Waals surface area contributed by atoms with Crippen LogP contribution in [0.1, 0.15) is 85.0 Å². The Morgan fingerprint density at radius 1 is 1.21 bits per heavy atom. The first-order valence-electron chi connectivity index (χ1n) is 8.46. The van der Waals surface area contributed by atoms with E-state index < -0.39 is 0 Å². The maximum Gasteiger partial charge on any atom is 0.0942 e. The molecule has 0 bridgehead atoms. The molecule has 114 valence electrons. The number of rotatable bonds is 9. The molecule has 1 saturated carbocycles. The number of hydrogen-bond donors (Lipinski definition) is 1. The minimum Gasteiger partial charge on any atom is -0.390 e. The Morgan fingerprint density at radius 3 is 2.58 bits per heavy atom. The highest BCUT2D eigenvalue weighted by Gasteiger charge is 2.41. The van der Waals surface area contributed by atoms with Gasteiger partial charge in [0, 0.05) is 6.61 Å². The summed E-state index contributed by atoms with van der Waals surface area (Å²) in [5.41, 5.74) is -0.239. The third-order valence-corrected chi connectivity index (χ3v) is 4.61. The van der Waals surface area contributed by atoms with Gasteiger partial charge in [-0.3, -0.25) is 0 Å². The first-order valence-corrected chi connectivity index (χ1v) is 8.46. The minimum atomic E-state index is -0.267. The van der Waals surface area contributed by atoms with Gasteiger partial charge in [-0.15, -0.1) is 0 Å². The predicted octanol–water partition coefficient (Wildman–Crippen LogP) is 4.69. The molecule has 0 amide bonds. The molecule has 19 heavy (non-hydrogen) atoms. The van der Waals surface area contributed by atoms with E-state index in [1.54, 1.807) is 0 Å². The van der Waals surface area contributed by atoms with Crippen LogP contribution < -0.4 is 0 Å². The van der Waals surface area contributed by atoms with Gasteiger partial charge in [-0.2, -0.15) is 0 Å². The van der Waals surface area contributed by atoms with Crippen molar-refractivity contribution in [3.63, 3.8) is 0 Å².